The Balaban J connectivity index is 1.89. The summed E-state index contributed by atoms with van der Waals surface area (Å²) in [6, 6.07) is 20.2. The highest BCUT2D eigenvalue weighted by Crippen LogP contribution is 2.23. The number of benzene rings is 2. The smallest absolute Gasteiger partial charge is 0.225 e. The van der Waals surface area contributed by atoms with Crippen LogP contribution in [0, 0.1) is 6.92 Å². The maximum Gasteiger partial charge on any atom is 0.225 e. The Bertz CT molecular complexity index is 804. The number of methoxy groups -OCH3 is 1. The number of aromatic nitrogens is 2. The van der Waals surface area contributed by atoms with Gasteiger partial charge in [0.2, 0.25) is 5.95 Å². The number of hydrogen-bond acceptors (Lipinski definition) is 5. The van der Waals surface area contributed by atoms with Crippen molar-refractivity contribution in [2.45, 2.75) is 6.92 Å². The largest absolute Gasteiger partial charge is 0.383 e. The van der Waals surface area contributed by atoms with Gasteiger partial charge in [-0.25, -0.2) is 4.98 Å². The van der Waals surface area contributed by atoms with Gasteiger partial charge in [0.1, 0.15) is 5.82 Å². The molecular weight excluding hydrogens is 312 g/mol. The fourth-order valence-electron chi connectivity index (χ4n) is 2.40. The van der Waals surface area contributed by atoms with Crippen LogP contribution in [-0.4, -0.2) is 30.2 Å². The molecule has 0 aliphatic carbocycles. The van der Waals surface area contributed by atoms with Crippen molar-refractivity contribution in [2.24, 2.45) is 0 Å². The van der Waals surface area contributed by atoms with Crippen LogP contribution in [0.4, 0.5) is 17.5 Å². The predicted octanol–water partition coefficient (Wildman–Crippen LogP) is 4.25. The molecule has 0 radical (unpaired) electrons. The highest BCUT2D eigenvalue weighted by atomic mass is 16.5. The molecule has 25 heavy (non-hydrogen) atoms. The highest BCUT2D eigenvalue weighted by Gasteiger charge is 2.07. The van der Waals surface area contributed by atoms with Gasteiger partial charge in [-0.3, -0.25) is 0 Å². The maximum absolute atomic E-state index is 5.08. The number of hydrogen-bond donors (Lipinski definition) is 2. The Hall–Kier alpha value is -2.92. The number of nitrogens with one attached hydrogen (secondary N) is 2. The normalized spacial score (nSPS) is 10.5. The number of rotatable bonds is 7. The fraction of sp³-hybridized carbons (Fsp3) is 0.200. The van der Waals surface area contributed by atoms with Gasteiger partial charge in [-0.2, -0.15) is 4.98 Å². The first-order chi connectivity index (χ1) is 12.2. The van der Waals surface area contributed by atoms with Crippen LogP contribution in [0.2, 0.25) is 0 Å². The number of nitrogens with zero attached hydrogens (tertiary/aromatic N) is 2. The van der Waals surface area contributed by atoms with Gasteiger partial charge in [0.05, 0.1) is 12.3 Å². The minimum atomic E-state index is 0.577. The second-order valence-electron chi connectivity index (χ2n) is 5.74. The summed E-state index contributed by atoms with van der Waals surface area (Å²) in [6.07, 6.45) is 0. The van der Waals surface area contributed by atoms with E-state index >= 15 is 0 Å². The molecule has 2 aromatic carbocycles. The van der Waals surface area contributed by atoms with Crippen molar-refractivity contribution >= 4 is 17.5 Å². The third kappa shape index (κ3) is 4.78. The zero-order valence-corrected chi connectivity index (χ0v) is 14.5. The SMILES string of the molecule is COCCNc1nc(Nc2ccc(C)cc2)cc(-c2ccccc2)n1. The molecule has 0 aliphatic heterocycles. The number of anilines is 3. The Morgan fingerprint density at radius 3 is 2.44 bits per heavy atom. The van der Waals surface area contributed by atoms with Crippen molar-refractivity contribution in [2.75, 3.05) is 30.9 Å². The summed E-state index contributed by atoms with van der Waals surface area (Å²) in [5.74, 6) is 1.32. The molecule has 0 spiro atoms. The zero-order chi connectivity index (χ0) is 17.5. The standard InChI is InChI=1S/C20H22N4O/c1-15-8-10-17(11-9-15)22-19-14-18(16-6-4-3-5-7-16)23-20(24-19)21-12-13-25-2/h3-11,14H,12-13H2,1-2H3,(H2,21,22,23,24). The van der Waals surface area contributed by atoms with E-state index in [2.05, 4.69) is 39.7 Å². The first kappa shape index (κ1) is 16.9. The molecule has 0 aliphatic rings. The molecule has 0 unspecified atom stereocenters. The number of aryl methyl sites for hydroxylation is 1. The van der Waals surface area contributed by atoms with Crippen molar-refractivity contribution in [1.82, 2.24) is 9.97 Å². The van der Waals surface area contributed by atoms with Gasteiger partial charge in [-0.15, -0.1) is 0 Å². The van der Waals surface area contributed by atoms with Crippen molar-refractivity contribution in [3.05, 3.63) is 66.2 Å². The lowest BCUT2D eigenvalue weighted by atomic mass is 10.1. The van der Waals surface area contributed by atoms with Gasteiger partial charge in [0.15, 0.2) is 0 Å². The van der Waals surface area contributed by atoms with E-state index in [1.165, 1.54) is 5.56 Å². The van der Waals surface area contributed by atoms with Crippen LogP contribution in [0.25, 0.3) is 11.3 Å². The summed E-state index contributed by atoms with van der Waals surface area (Å²) in [5.41, 5.74) is 4.13. The molecule has 0 bridgehead atoms. The van der Waals surface area contributed by atoms with Gasteiger partial charge in [-0.1, -0.05) is 48.0 Å². The van der Waals surface area contributed by atoms with E-state index in [9.17, 15) is 0 Å². The van der Waals surface area contributed by atoms with Gasteiger partial charge >= 0.3 is 0 Å². The molecule has 3 aromatic rings. The van der Waals surface area contributed by atoms with Crippen molar-refractivity contribution in [3.63, 3.8) is 0 Å². The first-order valence-corrected chi connectivity index (χ1v) is 8.25. The summed E-state index contributed by atoms with van der Waals surface area (Å²) in [4.78, 5) is 9.17. The molecule has 5 heteroatoms. The highest BCUT2D eigenvalue weighted by molar-refractivity contribution is 5.67. The molecule has 3 rings (SSSR count). The lowest BCUT2D eigenvalue weighted by molar-refractivity contribution is 0.210. The van der Waals surface area contributed by atoms with Crippen molar-refractivity contribution in [1.29, 1.82) is 0 Å². The Labute approximate surface area is 148 Å². The number of ether oxygens (including phenoxy) is 1. The molecule has 2 N–H and O–H groups in total. The van der Waals surface area contributed by atoms with Crippen LogP contribution < -0.4 is 10.6 Å². The van der Waals surface area contributed by atoms with Crippen molar-refractivity contribution < 1.29 is 4.74 Å². The summed E-state index contributed by atoms with van der Waals surface area (Å²) >= 11 is 0. The van der Waals surface area contributed by atoms with Gasteiger partial charge < -0.3 is 15.4 Å². The average molecular weight is 334 g/mol. The minimum Gasteiger partial charge on any atom is -0.383 e. The molecule has 0 fully saturated rings. The van der Waals surface area contributed by atoms with E-state index in [-0.39, 0.29) is 0 Å². The van der Waals surface area contributed by atoms with E-state index in [1.54, 1.807) is 7.11 Å². The molecule has 5 nitrogen and oxygen atoms in total. The summed E-state index contributed by atoms with van der Waals surface area (Å²) in [5, 5.41) is 6.55. The lowest BCUT2D eigenvalue weighted by Gasteiger charge is -2.11. The molecule has 0 saturated heterocycles. The third-order valence-electron chi connectivity index (χ3n) is 3.71. The van der Waals surface area contributed by atoms with E-state index in [4.69, 9.17) is 4.74 Å². The molecule has 1 aromatic heterocycles. The van der Waals surface area contributed by atoms with E-state index in [0.29, 0.717) is 19.1 Å². The van der Waals surface area contributed by atoms with Crippen LogP contribution >= 0.6 is 0 Å². The van der Waals surface area contributed by atoms with E-state index in [1.807, 2.05) is 48.5 Å². The second kappa shape index (κ2) is 8.26. The monoisotopic (exact) mass is 334 g/mol. The quantitative estimate of drug-likeness (QED) is 0.633. The van der Waals surface area contributed by atoms with Crippen molar-refractivity contribution in [3.8, 4) is 11.3 Å². The Morgan fingerprint density at radius 1 is 0.960 bits per heavy atom. The van der Waals surface area contributed by atoms with Crippen LogP contribution in [0.5, 0.6) is 0 Å². The summed E-state index contributed by atoms with van der Waals surface area (Å²) in [6.45, 7) is 3.32. The topological polar surface area (TPSA) is 59.1 Å². The third-order valence-corrected chi connectivity index (χ3v) is 3.71. The van der Waals surface area contributed by atoms with Gasteiger partial charge in [0.25, 0.3) is 0 Å². The predicted molar refractivity (Wildman–Crippen MR) is 102 cm³/mol. The molecular formula is C20H22N4O. The molecule has 128 valence electrons. The van der Waals surface area contributed by atoms with Crippen LogP contribution in [-0.2, 0) is 4.74 Å². The average Bonchev–Trinajstić information content (AvgIpc) is 2.64. The van der Waals surface area contributed by atoms with Crippen LogP contribution in [0.1, 0.15) is 5.56 Å². The zero-order valence-electron chi connectivity index (χ0n) is 14.5. The van der Waals surface area contributed by atoms with Gasteiger partial charge in [-0.05, 0) is 19.1 Å². The molecule has 0 saturated carbocycles. The first-order valence-electron chi connectivity index (χ1n) is 8.25. The summed E-state index contributed by atoms with van der Waals surface area (Å²) < 4.78 is 5.08. The Morgan fingerprint density at radius 2 is 1.72 bits per heavy atom. The van der Waals surface area contributed by atoms with Gasteiger partial charge in [0, 0.05) is 31.0 Å². The molecule has 1 heterocycles. The van der Waals surface area contributed by atoms with Crippen LogP contribution in [0.3, 0.4) is 0 Å². The maximum atomic E-state index is 5.08. The lowest BCUT2D eigenvalue weighted by Crippen LogP contribution is -2.11. The second-order valence-corrected chi connectivity index (χ2v) is 5.74. The van der Waals surface area contributed by atoms with E-state index < -0.39 is 0 Å². The minimum absolute atomic E-state index is 0.577. The molecule has 0 amide bonds. The molecule has 0 atom stereocenters. The fourth-order valence-corrected chi connectivity index (χ4v) is 2.40. The summed E-state index contributed by atoms with van der Waals surface area (Å²) in [7, 11) is 1.67. The Kier molecular flexibility index (Phi) is 5.59. The van der Waals surface area contributed by atoms with Crippen LogP contribution in [0.15, 0.2) is 60.7 Å². The van der Waals surface area contributed by atoms with E-state index in [0.717, 1.165) is 22.8 Å².